The summed E-state index contributed by atoms with van der Waals surface area (Å²) in [7, 11) is -2.10. The number of nitrogens with one attached hydrogen (secondary N) is 1. The van der Waals surface area contributed by atoms with E-state index in [0.29, 0.717) is 13.4 Å². The van der Waals surface area contributed by atoms with E-state index in [4.69, 9.17) is 0 Å². The number of halogens is 4. The fraction of sp³-hybridized carbons (Fsp3) is 0.143. The van der Waals surface area contributed by atoms with E-state index in [0.717, 1.165) is 4.47 Å². The van der Waals surface area contributed by atoms with Gasteiger partial charge in [0.2, 0.25) is 10.0 Å². The molecule has 0 saturated carbocycles. The van der Waals surface area contributed by atoms with E-state index in [2.05, 4.69) is 68.4 Å². The minimum atomic E-state index is -3.47. The van der Waals surface area contributed by atoms with Gasteiger partial charge in [0.25, 0.3) is 0 Å². The van der Waals surface area contributed by atoms with Gasteiger partial charge in [0.15, 0.2) is 0 Å². The maximum absolute atomic E-state index is 11.6. The van der Waals surface area contributed by atoms with Crippen LogP contribution < -0.4 is 4.72 Å². The van der Waals surface area contributed by atoms with Crippen molar-refractivity contribution in [2.24, 2.45) is 0 Å². The first-order chi connectivity index (χ1) is 6.81. The predicted molar refractivity (Wildman–Crippen MR) is 73.5 cm³/mol. The third kappa shape index (κ3) is 2.84. The molecule has 15 heavy (non-hydrogen) atoms. The quantitative estimate of drug-likeness (QED) is 0.512. The van der Waals surface area contributed by atoms with Gasteiger partial charge in [-0.3, -0.25) is 0 Å². The van der Waals surface area contributed by atoms with E-state index in [1.165, 1.54) is 13.1 Å². The van der Waals surface area contributed by atoms with Gasteiger partial charge in [0.05, 0.1) is 9.37 Å². The Kier molecular flexibility index (Phi) is 4.83. The minimum absolute atomic E-state index is 0.173. The van der Waals surface area contributed by atoms with E-state index in [1.54, 1.807) is 0 Å². The molecule has 0 radical (unpaired) electrons. The predicted octanol–water partition coefficient (Wildman–Crippen LogP) is 3.64. The Morgan fingerprint density at radius 1 is 1.07 bits per heavy atom. The van der Waals surface area contributed by atoms with E-state index in [9.17, 15) is 8.42 Å². The summed E-state index contributed by atoms with van der Waals surface area (Å²) in [6, 6.07) is 1.52. The molecule has 3 nitrogen and oxygen atoms in total. The van der Waals surface area contributed by atoms with Crippen LogP contribution in [-0.2, 0) is 10.0 Å². The van der Waals surface area contributed by atoms with E-state index < -0.39 is 10.0 Å². The molecule has 8 heteroatoms. The van der Waals surface area contributed by atoms with Gasteiger partial charge in [0.1, 0.15) is 0 Å². The Morgan fingerprint density at radius 3 is 2.07 bits per heavy atom. The molecule has 0 fully saturated rings. The molecule has 0 saturated heterocycles. The van der Waals surface area contributed by atoms with Crippen molar-refractivity contribution in [3.63, 3.8) is 0 Å². The van der Waals surface area contributed by atoms with E-state index in [1.807, 2.05) is 0 Å². The molecule has 0 spiro atoms. The smallest absolute Gasteiger partial charge is 0.214 e. The van der Waals surface area contributed by atoms with Crippen molar-refractivity contribution < 1.29 is 8.42 Å². The first-order valence-corrected chi connectivity index (χ1v) is 8.23. The summed E-state index contributed by atoms with van der Waals surface area (Å²) in [6.45, 7) is 0. The molecule has 1 aromatic carbocycles. The Hall–Kier alpha value is 1.05. The van der Waals surface area contributed by atoms with Gasteiger partial charge < -0.3 is 0 Å². The summed E-state index contributed by atoms with van der Waals surface area (Å²) in [5, 5.41) is 0. The largest absolute Gasteiger partial charge is 0.241 e. The van der Waals surface area contributed by atoms with Crippen LogP contribution in [0.2, 0.25) is 0 Å². The van der Waals surface area contributed by atoms with Crippen LogP contribution in [0.15, 0.2) is 28.9 Å². The van der Waals surface area contributed by atoms with Crippen molar-refractivity contribution in [3.8, 4) is 0 Å². The number of benzene rings is 1. The molecule has 0 aromatic heterocycles. The molecule has 1 rings (SSSR count). The lowest BCUT2D eigenvalue weighted by Gasteiger charge is -2.09. The summed E-state index contributed by atoms with van der Waals surface area (Å²) < 4.78 is 28.1. The normalized spacial score (nSPS) is 11.8. The van der Waals surface area contributed by atoms with Gasteiger partial charge in [-0.05, 0) is 76.8 Å². The Labute approximate surface area is 122 Å². The lowest BCUT2D eigenvalue weighted by molar-refractivity contribution is 0.587. The van der Waals surface area contributed by atoms with Crippen LogP contribution in [0.3, 0.4) is 0 Å². The van der Waals surface area contributed by atoms with Crippen molar-refractivity contribution in [1.29, 1.82) is 0 Å². The highest BCUT2D eigenvalue weighted by Gasteiger charge is 2.20. The fourth-order valence-electron chi connectivity index (χ4n) is 0.857. The second-order valence-corrected chi connectivity index (χ2v) is 7.59. The third-order valence-corrected chi connectivity index (χ3v) is 7.99. The van der Waals surface area contributed by atoms with Gasteiger partial charge in [-0.25, -0.2) is 13.1 Å². The lowest BCUT2D eigenvalue weighted by atomic mass is 10.4. The number of sulfonamides is 1. The first kappa shape index (κ1) is 14.1. The Balaban J connectivity index is 3.60. The average Bonchev–Trinajstić information content (AvgIpc) is 2.20. The van der Waals surface area contributed by atoms with Crippen LogP contribution >= 0.6 is 63.7 Å². The molecule has 0 aliphatic heterocycles. The van der Waals surface area contributed by atoms with Crippen molar-refractivity contribution in [1.82, 2.24) is 4.72 Å². The highest BCUT2D eigenvalue weighted by molar-refractivity contribution is 9.15. The zero-order valence-corrected chi connectivity index (χ0v) is 14.5. The summed E-state index contributed by atoms with van der Waals surface area (Å²) in [4.78, 5) is 0.173. The van der Waals surface area contributed by atoms with Crippen LogP contribution in [0.4, 0.5) is 0 Å². The zero-order chi connectivity index (χ0) is 11.8. The lowest BCUT2D eigenvalue weighted by Crippen LogP contribution is -2.19. The topological polar surface area (TPSA) is 46.2 Å². The first-order valence-electron chi connectivity index (χ1n) is 3.57. The molecular weight excluding hydrogens is 482 g/mol. The number of hydrogen-bond acceptors (Lipinski definition) is 2. The average molecular weight is 487 g/mol. The van der Waals surface area contributed by atoms with Crippen LogP contribution in [0.1, 0.15) is 0 Å². The summed E-state index contributed by atoms with van der Waals surface area (Å²) in [5.74, 6) is 0. The van der Waals surface area contributed by atoms with Crippen molar-refractivity contribution in [2.75, 3.05) is 7.05 Å². The maximum Gasteiger partial charge on any atom is 0.241 e. The summed E-state index contributed by atoms with van der Waals surface area (Å²) in [5.41, 5.74) is 0. The number of rotatable bonds is 2. The molecule has 0 amide bonds. The van der Waals surface area contributed by atoms with Crippen molar-refractivity contribution in [2.45, 2.75) is 4.90 Å². The van der Waals surface area contributed by atoms with Crippen LogP contribution in [0.5, 0.6) is 0 Å². The Morgan fingerprint density at radius 2 is 1.60 bits per heavy atom. The molecule has 0 aliphatic rings. The van der Waals surface area contributed by atoms with Gasteiger partial charge in [0, 0.05) is 13.4 Å². The van der Waals surface area contributed by atoms with Crippen LogP contribution in [-0.4, -0.2) is 15.5 Å². The highest BCUT2D eigenvalue weighted by atomic mass is 79.9. The SMILES string of the molecule is CNS(=O)(=O)c1cc(Br)c(Br)c(Br)c1Br. The van der Waals surface area contributed by atoms with E-state index in [-0.39, 0.29) is 4.90 Å². The van der Waals surface area contributed by atoms with E-state index >= 15 is 0 Å². The second kappa shape index (κ2) is 5.14. The molecule has 0 unspecified atom stereocenters. The molecule has 0 aliphatic carbocycles. The minimum Gasteiger partial charge on any atom is -0.214 e. The highest BCUT2D eigenvalue weighted by Crippen LogP contribution is 2.40. The monoisotopic (exact) mass is 483 g/mol. The summed E-state index contributed by atoms with van der Waals surface area (Å²) in [6.07, 6.45) is 0. The van der Waals surface area contributed by atoms with Crippen LogP contribution in [0, 0.1) is 0 Å². The molecular formula is C7H5Br4NO2S. The van der Waals surface area contributed by atoms with Gasteiger partial charge >= 0.3 is 0 Å². The van der Waals surface area contributed by atoms with Crippen LogP contribution in [0.25, 0.3) is 0 Å². The van der Waals surface area contributed by atoms with Gasteiger partial charge in [-0.2, -0.15) is 0 Å². The standard InChI is InChI=1S/C7H5Br4NO2S/c1-12-15(13,14)4-2-3(8)5(9)7(11)6(4)10/h2,12H,1H3. The summed E-state index contributed by atoms with van der Waals surface area (Å²) >= 11 is 13.1. The maximum atomic E-state index is 11.6. The fourth-order valence-corrected chi connectivity index (χ4v) is 4.62. The Bertz CT molecular complexity index is 500. The molecule has 1 aromatic rings. The molecule has 84 valence electrons. The second-order valence-electron chi connectivity index (χ2n) is 2.51. The van der Waals surface area contributed by atoms with Crippen molar-refractivity contribution in [3.05, 3.63) is 24.0 Å². The zero-order valence-electron chi connectivity index (χ0n) is 7.31. The van der Waals surface area contributed by atoms with Crippen molar-refractivity contribution >= 4 is 73.7 Å². The number of hydrogen-bond donors (Lipinski definition) is 1. The van der Waals surface area contributed by atoms with Gasteiger partial charge in [-0.1, -0.05) is 0 Å². The molecule has 0 heterocycles. The van der Waals surface area contributed by atoms with Gasteiger partial charge in [-0.15, -0.1) is 0 Å². The third-order valence-electron chi connectivity index (χ3n) is 1.63. The molecule has 0 bridgehead atoms. The molecule has 1 N–H and O–H groups in total. The molecule has 0 atom stereocenters.